The molecule has 1 aliphatic rings. The molecule has 25 heavy (non-hydrogen) atoms. The zero-order valence-corrected chi connectivity index (χ0v) is 16.3. The predicted molar refractivity (Wildman–Crippen MR) is 105 cm³/mol. The zero-order valence-electron chi connectivity index (χ0n) is 14.7. The van der Waals surface area contributed by atoms with E-state index in [4.69, 9.17) is 0 Å². The summed E-state index contributed by atoms with van der Waals surface area (Å²) in [5.41, 5.74) is 2.20. The number of nitrogens with zero attached hydrogens (tertiary/aromatic N) is 3. The Morgan fingerprint density at radius 1 is 1.40 bits per heavy atom. The molecule has 7 heteroatoms. The lowest BCUT2D eigenvalue weighted by Crippen LogP contribution is -2.44. The van der Waals surface area contributed by atoms with E-state index < -0.39 is 0 Å². The number of thioether (sulfide) groups is 1. The van der Waals surface area contributed by atoms with Crippen LogP contribution >= 0.6 is 23.1 Å². The SMILES string of the molecule is CC[C@@H]1CCCCN1C(=O)CSc1nnc(Nc2cccc(C)c2)s1. The van der Waals surface area contributed by atoms with Gasteiger partial charge in [-0.15, -0.1) is 10.2 Å². The van der Waals surface area contributed by atoms with Gasteiger partial charge < -0.3 is 10.2 Å². The summed E-state index contributed by atoms with van der Waals surface area (Å²) in [7, 11) is 0. The Hall–Kier alpha value is -1.60. The van der Waals surface area contributed by atoms with Gasteiger partial charge in [-0.25, -0.2) is 0 Å². The molecule has 1 aromatic heterocycles. The number of aryl methyl sites for hydroxylation is 1. The molecule has 1 saturated heterocycles. The van der Waals surface area contributed by atoms with Gasteiger partial charge in [0.15, 0.2) is 4.34 Å². The van der Waals surface area contributed by atoms with Crippen molar-refractivity contribution in [1.82, 2.24) is 15.1 Å². The van der Waals surface area contributed by atoms with E-state index in [1.807, 2.05) is 12.1 Å². The summed E-state index contributed by atoms with van der Waals surface area (Å²) in [4.78, 5) is 14.6. The number of anilines is 2. The minimum absolute atomic E-state index is 0.222. The van der Waals surface area contributed by atoms with E-state index in [1.54, 1.807) is 0 Å². The second-order valence-electron chi connectivity index (χ2n) is 6.30. The van der Waals surface area contributed by atoms with Crippen LogP contribution < -0.4 is 5.32 Å². The molecular formula is C18H24N4OS2. The van der Waals surface area contributed by atoms with E-state index in [0.29, 0.717) is 11.8 Å². The first-order valence-electron chi connectivity index (χ1n) is 8.75. The number of carbonyl (C=O) groups is 1. The third kappa shape index (κ3) is 4.95. The van der Waals surface area contributed by atoms with Crippen molar-refractivity contribution in [2.24, 2.45) is 0 Å². The Balaban J connectivity index is 1.53. The molecule has 2 heterocycles. The highest BCUT2D eigenvalue weighted by Crippen LogP contribution is 2.29. The Morgan fingerprint density at radius 3 is 3.08 bits per heavy atom. The van der Waals surface area contributed by atoms with Crippen molar-refractivity contribution in [1.29, 1.82) is 0 Å². The highest BCUT2D eigenvalue weighted by atomic mass is 32.2. The van der Waals surface area contributed by atoms with Gasteiger partial charge in [-0.2, -0.15) is 0 Å². The van der Waals surface area contributed by atoms with Crippen LogP contribution in [-0.2, 0) is 4.79 Å². The van der Waals surface area contributed by atoms with E-state index in [1.165, 1.54) is 35.1 Å². The number of rotatable bonds is 6. The molecule has 0 radical (unpaired) electrons. The highest BCUT2D eigenvalue weighted by molar-refractivity contribution is 8.01. The van der Waals surface area contributed by atoms with Gasteiger partial charge in [0, 0.05) is 18.3 Å². The van der Waals surface area contributed by atoms with Gasteiger partial charge in [-0.05, 0) is 50.3 Å². The topological polar surface area (TPSA) is 58.1 Å². The normalized spacial score (nSPS) is 17.5. The summed E-state index contributed by atoms with van der Waals surface area (Å²) in [6.45, 7) is 5.12. The van der Waals surface area contributed by atoms with E-state index >= 15 is 0 Å². The van der Waals surface area contributed by atoms with Gasteiger partial charge in [0.2, 0.25) is 11.0 Å². The number of nitrogens with one attached hydrogen (secondary N) is 1. The molecule has 1 atom stereocenters. The molecule has 0 saturated carbocycles. The minimum Gasteiger partial charge on any atom is -0.339 e. The fourth-order valence-electron chi connectivity index (χ4n) is 3.12. The van der Waals surface area contributed by atoms with E-state index in [-0.39, 0.29) is 5.91 Å². The van der Waals surface area contributed by atoms with Crippen molar-refractivity contribution in [3.8, 4) is 0 Å². The molecular weight excluding hydrogens is 352 g/mol. The lowest BCUT2D eigenvalue weighted by atomic mass is 10.0. The molecule has 1 N–H and O–H groups in total. The molecule has 1 aromatic carbocycles. The molecule has 1 aliphatic heterocycles. The lowest BCUT2D eigenvalue weighted by molar-refractivity contribution is -0.132. The van der Waals surface area contributed by atoms with Crippen LogP contribution in [-0.4, -0.2) is 39.3 Å². The fraction of sp³-hybridized carbons (Fsp3) is 0.500. The molecule has 5 nitrogen and oxygen atoms in total. The first-order chi connectivity index (χ1) is 12.2. The number of hydrogen-bond donors (Lipinski definition) is 1. The number of likely N-dealkylation sites (tertiary alicyclic amines) is 1. The number of amides is 1. The van der Waals surface area contributed by atoms with Gasteiger partial charge in [0.1, 0.15) is 0 Å². The maximum Gasteiger partial charge on any atom is 0.233 e. The molecule has 3 rings (SSSR count). The van der Waals surface area contributed by atoms with E-state index in [9.17, 15) is 4.79 Å². The van der Waals surface area contributed by atoms with Gasteiger partial charge in [-0.1, -0.05) is 42.2 Å². The van der Waals surface area contributed by atoms with Gasteiger partial charge >= 0.3 is 0 Å². The summed E-state index contributed by atoms with van der Waals surface area (Å²) < 4.78 is 0.827. The Kier molecular flexibility index (Phi) is 6.31. The summed E-state index contributed by atoms with van der Waals surface area (Å²) in [6.07, 6.45) is 4.53. The number of piperidine rings is 1. The van der Waals surface area contributed by atoms with Crippen LogP contribution in [0.4, 0.5) is 10.8 Å². The number of carbonyl (C=O) groups excluding carboxylic acids is 1. The maximum atomic E-state index is 12.5. The van der Waals surface area contributed by atoms with Crippen molar-refractivity contribution in [3.05, 3.63) is 29.8 Å². The molecule has 134 valence electrons. The maximum absolute atomic E-state index is 12.5. The highest BCUT2D eigenvalue weighted by Gasteiger charge is 2.25. The Labute approximate surface area is 157 Å². The molecule has 0 bridgehead atoms. The molecule has 2 aromatic rings. The van der Waals surface area contributed by atoms with Crippen molar-refractivity contribution in [3.63, 3.8) is 0 Å². The summed E-state index contributed by atoms with van der Waals surface area (Å²) in [6, 6.07) is 8.55. The van der Waals surface area contributed by atoms with Gasteiger partial charge in [0.25, 0.3) is 0 Å². The molecule has 1 fully saturated rings. The van der Waals surface area contributed by atoms with Crippen molar-refractivity contribution >= 4 is 39.8 Å². The quantitative estimate of drug-likeness (QED) is 0.754. The van der Waals surface area contributed by atoms with Crippen molar-refractivity contribution < 1.29 is 4.79 Å². The lowest BCUT2D eigenvalue weighted by Gasteiger charge is -2.35. The third-order valence-electron chi connectivity index (χ3n) is 4.41. The number of benzene rings is 1. The second-order valence-corrected chi connectivity index (χ2v) is 8.50. The largest absolute Gasteiger partial charge is 0.339 e. The van der Waals surface area contributed by atoms with Crippen LogP contribution in [0.15, 0.2) is 28.6 Å². The van der Waals surface area contributed by atoms with Crippen LogP contribution in [0.25, 0.3) is 0 Å². The number of hydrogen-bond acceptors (Lipinski definition) is 6. The number of aromatic nitrogens is 2. The summed E-state index contributed by atoms with van der Waals surface area (Å²) in [5.74, 6) is 0.662. The van der Waals surface area contributed by atoms with Crippen LogP contribution in [0.3, 0.4) is 0 Å². The Bertz CT molecular complexity index is 719. The van der Waals surface area contributed by atoms with Crippen LogP contribution in [0.1, 0.15) is 38.2 Å². The van der Waals surface area contributed by atoms with Crippen molar-refractivity contribution in [2.45, 2.75) is 49.9 Å². The average molecular weight is 377 g/mol. The van der Waals surface area contributed by atoms with Gasteiger partial charge in [0.05, 0.1) is 5.75 Å². The smallest absolute Gasteiger partial charge is 0.233 e. The van der Waals surface area contributed by atoms with Crippen LogP contribution in [0.2, 0.25) is 0 Å². The first-order valence-corrected chi connectivity index (χ1v) is 10.6. The van der Waals surface area contributed by atoms with Crippen LogP contribution in [0, 0.1) is 6.92 Å². The molecule has 0 spiro atoms. The molecule has 0 aliphatic carbocycles. The molecule has 0 unspecified atom stereocenters. The van der Waals surface area contributed by atoms with E-state index in [0.717, 1.165) is 41.0 Å². The van der Waals surface area contributed by atoms with Crippen LogP contribution in [0.5, 0.6) is 0 Å². The monoisotopic (exact) mass is 376 g/mol. The third-order valence-corrected chi connectivity index (χ3v) is 6.37. The van der Waals surface area contributed by atoms with Gasteiger partial charge in [-0.3, -0.25) is 4.79 Å². The Morgan fingerprint density at radius 2 is 2.28 bits per heavy atom. The summed E-state index contributed by atoms with van der Waals surface area (Å²) in [5, 5.41) is 12.4. The van der Waals surface area contributed by atoms with Crippen molar-refractivity contribution in [2.75, 3.05) is 17.6 Å². The summed E-state index contributed by atoms with van der Waals surface area (Å²) >= 11 is 2.97. The second kappa shape index (κ2) is 8.67. The van der Waals surface area contributed by atoms with E-state index in [2.05, 4.69) is 46.4 Å². The predicted octanol–water partition coefficient (Wildman–Crippen LogP) is 4.47. The zero-order chi connectivity index (χ0) is 17.6. The average Bonchev–Trinajstić information content (AvgIpc) is 3.07. The molecule has 1 amide bonds. The first kappa shape index (κ1) is 18.2. The minimum atomic E-state index is 0.222. The fourth-order valence-corrected chi connectivity index (χ4v) is 4.78. The standard InChI is InChI=1S/C18H24N4OS2/c1-3-15-9-4-5-10-22(15)16(23)12-24-18-21-20-17(25-18)19-14-8-6-7-13(2)11-14/h6-8,11,15H,3-5,9-10,12H2,1-2H3,(H,19,20)/t15-/m1/s1.